The van der Waals surface area contributed by atoms with Gasteiger partial charge in [0.25, 0.3) is 0 Å². The van der Waals surface area contributed by atoms with Gasteiger partial charge in [-0.1, -0.05) is 13.3 Å². The van der Waals surface area contributed by atoms with Gasteiger partial charge in [0, 0.05) is 18.5 Å². The number of alkyl carbamates (subject to hydrolysis) is 1. The number of urea groups is 1. The number of carbonyl (C=O) groups is 4. The molecule has 4 amide bonds. The minimum atomic E-state index is -0.575. The van der Waals surface area contributed by atoms with Crippen molar-refractivity contribution in [2.24, 2.45) is 5.92 Å². The quantitative estimate of drug-likeness (QED) is 0.517. The number of nitrogens with one attached hydrogen (secondary N) is 2. The second-order valence-corrected chi connectivity index (χ2v) is 9.89. The van der Waals surface area contributed by atoms with E-state index in [9.17, 15) is 19.2 Å². The number of hydroxylamine groups is 2. The SMILES string of the molecule is CCCCON1C(=O)N2C[C@@H]1CC[C@H]2C(=O)NCC(=O)C1CC(NC(=O)OC(C)(C)C)C1. The Morgan fingerprint density at radius 2 is 1.88 bits per heavy atom. The van der Waals surface area contributed by atoms with Crippen molar-refractivity contribution >= 4 is 23.8 Å². The van der Waals surface area contributed by atoms with Gasteiger partial charge >= 0.3 is 12.1 Å². The summed E-state index contributed by atoms with van der Waals surface area (Å²) in [6.07, 6.45) is 3.68. The molecule has 0 aromatic carbocycles. The van der Waals surface area contributed by atoms with Gasteiger partial charge in [0.2, 0.25) is 5.91 Å². The molecule has 0 aromatic rings. The van der Waals surface area contributed by atoms with Gasteiger partial charge in [0.1, 0.15) is 11.6 Å². The summed E-state index contributed by atoms with van der Waals surface area (Å²) in [7, 11) is 0. The standard InChI is InChI=1S/C22H36N4O6/c1-5-6-9-31-26-16-7-8-17(25(13-16)21(26)30)19(28)23-12-18(27)14-10-15(11-14)24-20(29)32-22(2,3)4/h14-17H,5-13H2,1-4H3,(H,23,28)(H,24,29)/t14?,15?,16-,17-/m0/s1. The van der Waals surface area contributed by atoms with E-state index in [1.807, 2.05) is 0 Å². The first-order valence-electron chi connectivity index (χ1n) is 11.6. The van der Waals surface area contributed by atoms with Crippen LogP contribution in [-0.4, -0.2) is 77.2 Å². The number of rotatable bonds is 9. The summed E-state index contributed by atoms with van der Waals surface area (Å²) in [6.45, 7) is 8.33. The van der Waals surface area contributed by atoms with Gasteiger partial charge in [-0.3, -0.25) is 14.4 Å². The van der Waals surface area contributed by atoms with Crippen LogP contribution in [0, 0.1) is 5.92 Å². The normalized spacial score (nSPS) is 27.1. The Hall–Kier alpha value is -2.36. The number of carbonyl (C=O) groups excluding carboxylic acids is 4. The number of hydrogen-bond acceptors (Lipinski definition) is 6. The molecule has 180 valence electrons. The van der Waals surface area contributed by atoms with Crippen molar-refractivity contribution in [3.63, 3.8) is 0 Å². The van der Waals surface area contributed by atoms with Crippen LogP contribution < -0.4 is 10.6 Å². The zero-order valence-electron chi connectivity index (χ0n) is 19.5. The zero-order chi connectivity index (χ0) is 23.5. The fourth-order valence-corrected chi connectivity index (χ4v) is 4.29. The second-order valence-electron chi connectivity index (χ2n) is 9.89. The van der Waals surface area contributed by atoms with Crippen molar-refractivity contribution < 1.29 is 28.8 Å². The van der Waals surface area contributed by atoms with Gasteiger partial charge in [-0.2, -0.15) is 5.06 Å². The summed E-state index contributed by atoms with van der Waals surface area (Å²) in [5.41, 5.74) is -0.568. The van der Waals surface area contributed by atoms with Gasteiger partial charge in [-0.15, -0.1) is 0 Å². The van der Waals surface area contributed by atoms with E-state index in [0.717, 1.165) is 12.8 Å². The predicted molar refractivity (Wildman–Crippen MR) is 116 cm³/mol. The number of hydrogen-bond donors (Lipinski definition) is 2. The minimum absolute atomic E-state index is 0.0191. The number of nitrogens with zero attached hydrogens (tertiary/aromatic N) is 2. The second kappa shape index (κ2) is 10.1. The van der Waals surface area contributed by atoms with E-state index in [0.29, 0.717) is 38.8 Å². The van der Waals surface area contributed by atoms with E-state index in [2.05, 4.69) is 17.6 Å². The lowest BCUT2D eigenvalue weighted by atomic mass is 9.77. The Morgan fingerprint density at radius 1 is 1.16 bits per heavy atom. The van der Waals surface area contributed by atoms with Crippen LogP contribution in [-0.2, 0) is 19.2 Å². The first-order valence-corrected chi connectivity index (χ1v) is 11.6. The van der Waals surface area contributed by atoms with Gasteiger partial charge < -0.3 is 20.3 Å². The first kappa shape index (κ1) is 24.3. The Morgan fingerprint density at radius 3 is 2.53 bits per heavy atom. The molecular formula is C22H36N4O6. The summed E-state index contributed by atoms with van der Waals surface area (Å²) in [5.74, 6) is -0.559. The molecule has 2 atom stereocenters. The molecule has 3 fully saturated rings. The van der Waals surface area contributed by atoms with E-state index in [-0.39, 0.29) is 42.3 Å². The Bertz CT molecular complexity index is 730. The Balaban J connectivity index is 1.39. The molecular weight excluding hydrogens is 416 g/mol. The van der Waals surface area contributed by atoms with E-state index < -0.39 is 17.7 Å². The van der Waals surface area contributed by atoms with E-state index in [1.54, 1.807) is 25.7 Å². The van der Waals surface area contributed by atoms with Crippen LogP contribution in [0.25, 0.3) is 0 Å². The minimum Gasteiger partial charge on any atom is -0.444 e. The molecule has 10 nitrogen and oxygen atoms in total. The summed E-state index contributed by atoms with van der Waals surface area (Å²) in [6, 6.07) is -0.959. The van der Waals surface area contributed by atoms with Crippen molar-refractivity contribution in [1.82, 2.24) is 20.6 Å². The molecule has 1 aliphatic carbocycles. The van der Waals surface area contributed by atoms with Crippen LogP contribution in [0.3, 0.4) is 0 Å². The molecule has 0 unspecified atom stereocenters. The van der Waals surface area contributed by atoms with Crippen molar-refractivity contribution in [2.75, 3.05) is 19.7 Å². The summed E-state index contributed by atoms with van der Waals surface area (Å²) < 4.78 is 5.22. The third-order valence-corrected chi connectivity index (χ3v) is 6.10. The number of amides is 4. The number of fused-ring (bicyclic) bond motifs is 2. The van der Waals surface area contributed by atoms with Crippen LogP contribution in [0.4, 0.5) is 9.59 Å². The number of ketones is 1. The lowest BCUT2D eigenvalue weighted by molar-refractivity contribution is -0.132. The van der Waals surface area contributed by atoms with Gasteiger partial charge in [0.05, 0.1) is 19.2 Å². The van der Waals surface area contributed by atoms with E-state index >= 15 is 0 Å². The third-order valence-electron chi connectivity index (χ3n) is 6.10. The molecule has 10 heteroatoms. The number of unbranched alkanes of at least 4 members (excludes halogenated alkanes) is 1. The largest absolute Gasteiger partial charge is 0.444 e. The van der Waals surface area contributed by atoms with Crippen LogP contribution >= 0.6 is 0 Å². The summed E-state index contributed by atoms with van der Waals surface area (Å²) in [5, 5.41) is 6.88. The molecule has 2 N–H and O–H groups in total. The fraction of sp³-hybridized carbons (Fsp3) is 0.818. The topological polar surface area (TPSA) is 117 Å². The van der Waals surface area contributed by atoms with Crippen LogP contribution in [0.2, 0.25) is 0 Å². The highest BCUT2D eigenvalue weighted by Crippen LogP contribution is 2.31. The number of Topliss-reactive ketones (excluding diaryl/α,β-unsaturated/α-hetero) is 1. The highest BCUT2D eigenvalue weighted by atomic mass is 16.7. The molecule has 32 heavy (non-hydrogen) atoms. The van der Waals surface area contributed by atoms with Crippen LogP contribution in [0.1, 0.15) is 66.2 Å². The number of ether oxygens (including phenoxy) is 1. The molecule has 0 radical (unpaired) electrons. The number of piperidine rings is 1. The predicted octanol–water partition coefficient (Wildman–Crippen LogP) is 1.98. The molecule has 2 heterocycles. The van der Waals surface area contributed by atoms with Gasteiger partial charge in [-0.05, 0) is 52.9 Å². The molecule has 1 saturated carbocycles. The molecule has 2 saturated heterocycles. The molecule has 3 rings (SSSR count). The lowest BCUT2D eigenvalue weighted by Gasteiger charge is -2.35. The molecule has 0 aromatic heterocycles. The van der Waals surface area contributed by atoms with Crippen molar-refractivity contribution in [3.05, 3.63) is 0 Å². The van der Waals surface area contributed by atoms with Crippen molar-refractivity contribution in [3.8, 4) is 0 Å². The highest BCUT2D eigenvalue weighted by Gasteiger charge is 2.48. The van der Waals surface area contributed by atoms with Gasteiger partial charge in [-0.25, -0.2) is 9.59 Å². The molecule has 2 bridgehead atoms. The average molecular weight is 453 g/mol. The fourth-order valence-electron chi connectivity index (χ4n) is 4.29. The molecule has 0 spiro atoms. The maximum atomic E-state index is 12.7. The lowest BCUT2D eigenvalue weighted by Crippen LogP contribution is -2.52. The maximum absolute atomic E-state index is 12.7. The monoisotopic (exact) mass is 452 g/mol. The average Bonchev–Trinajstić information content (AvgIpc) is 2.92. The maximum Gasteiger partial charge on any atom is 0.407 e. The van der Waals surface area contributed by atoms with E-state index in [4.69, 9.17) is 9.57 Å². The third kappa shape index (κ3) is 5.90. The van der Waals surface area contributed by atoms with Crippen LogP contribution in [0.15, 0.2) is 0 Å². The zero-order valence-corrected chi connectivity index (χ0v) is 19.5. The summed E-state index contributed by atoms with van der Waals surface area (Å²) in [4.78, 5) is 56.7. The Kier molecular flexibility index (Phi) is 7.63. The van der Waals surface area contributed by atoms with Gasteiger partial charge in [0.15, 0.2) is 5.78 Å². The van der Waals surface area contributed by atoms with Crippen molar-refractivity contribution in [2.45, 2.75) is 89.9 Å². The summed E-state index contributed by atoms with van der Waals surface area (Å²) >= 11 is 0. The van der Waals surface area contributed by atoms with Crippen LogP contribution in [0.5, 0.6) is 0 Å². The Labute approximate surface area is 189 Å². The van der Waals surface area contributed by atoms with E-state index in [1.165, 1.54) is 5.06 Å². The highest BCUT2D eigenvalue weighted by molar-refractivity contribution is 5.92. The molecule has 2 aliphatic heterocycles. The first-order chi connectivity index (χ1) is 15.1. The molecule has 3 aliphatic rings. The van der Waals surface area contributed by atoms with Crippen molar-refractivity contribution in [1.29, 1.82) is 0 Å². The smallest absolute Gasteiger partial charge is 0.407 e.